The third kappa shape index (κ3) is 1.97. The number of carbonyl (C=O) groups is 1. The van der Waals surface area contributed by atoms with Gasteiger partial charge in [0.1, 0.15) is 11.1 Å². The van der Waals surface area contributed by atoms with E-state index in [4.69, 9.17) is 21.4 Å². The summed E-state index contributed by atoms with van der Waals surface area (Å²) in [6.45, 7) is 2.07. The van der Waals surface area contributed by atoms with Gasteiger partial charge in [0.25, 0.3) is 0 Å². The third-order valence-electron chi connectivity index (χ3n) is 2.14. The van der Waals surface area contributed by atoms with Gasteiger partial charge in [-0.05, 0) is 31.3 Å². The monoisotopic (exact) mass is 234 g/mol. The van der Waals surface area contributed by atoms with Crippen molar-refractivity contribution in [3.8, 4) is 0 Å². The quantitative estimate of drug-likeness (QED) is 0.590. The zero-order valence-electron chi connectivity index (χ0n) is 8.73. The second-order valence-corrected chi connectivity index (χ2v) is 3.58. The zero-order chi connectivity index (χ0) is 11.5. The molecule has 0 aliphatic heterocycles. The highest BCUT2D eigenvalue weighted by molar-refractivity contribution is 7.71. The van der Waals surface area contributed by atoms with Crippen LogP contribution in [0.4, 0.5) is 0 Å². The Morgan fingerprint density at radius 2 is 2.19 bits per heavy atom. The molecule has 0 saturated heterocycles. The first-order valence-electron chi connectivity index (χ1n) is 4.92. The molecule has 1 heterocycles. The van der Waals surface area contributed by atoms with E-state index in [2.05, 4.69) is 0 Å². The molecule has 16 heavy (non-hydrogen) atoms. The summed E-state index contributed by atoms with van der Waals surface area (Å²) in [5, 5.41) is 0.833. The minimum Gasteiger partial charge on any atom is -0.462 e. The Morgan fingerprint density at radius 3 is 2.94 bits per heavy atom. The molecule has 2 aromatic rings. The summed E-state index contributed by atoms with van der Waals surface area (Å²) in [6.07, 6.45) is 0. The highest BCUT2D eigenvalue weighted by atomic mass is 32.1. The molecule has 82 valence electrons. The topological polar surface area (TPSA) is 39.4 Å². The van der Waals surface area contributed by atoms with Gasteiger partial charge in [-0.1, -0.05) is 18.2 Å². The number of ether oxygens (including phenoxy) is 1. The van der Waals surface area contributed by atoms with Crippen LogP contribution in [-0.4, -0.2) is 12.6 Å². The Hall–Kier alpha value is -1.68. The van der Waals surface area contributed by atoms with E-state index in [9.17, 15) is 4.79 Å². The Kier molecular flexibility index (Phi) is 3.01. The van der Waals surface area contributed by atoms with E-state index in [1.54, 1.807) is 19.1 Å². The molecule has 1 aromatic carbocycles. The summed E-state index contributed by atoms with van der Waals surface area (Å²) in [7, 11) is 0. The van der Waals surface area contributed by atoms with Gasteiger partial charge in [0.05, 0.1) is 6.61 Å². The number of hydrogen-bond donors (Lipinski definition) is 0. The molecule has 0 fully saturated rings. The largest absolute Gasteiger partial charge is 0.462 e. The zero-order valence-corrected chi connectivity index (χ0v) is 9.54. The van der Waals surface area contributed by atoms with E-state index < -0.39 is 5.97 Å². The Bertz CT molecular complexity index is 586. The minimum atomic E-state index is -0.443. The Balaban J connectivity index is 2.58. The molecular formula is C12H10O3S. The molecule has 2 rings (SSSR count). The number of fused-ring (bicyclic) bond motifs is 1. The summed E-state index contributed by atoms with van der Waals surface area (Å²) in [5.41, 5.74) is 0.969. The number of para-hydroxylation sites is 1. The van der Waals surface area contributed by atoms with Gasteiger partial charge >= 0.3 is 5.97 Å². The molecule has 3 nitrogen and oxygen atoms in total. The van der Waals surface area contributed by atoms with Crippen molar-refractivity contribution in [2.45, 2.75) is 6.92 Å². The van der Waals surface area contributed by atoms with Gasteiger partial charge in [0.15, 0.2) is 0 Å². The first kappa shape index (κ1) is 10.8. The first-order chi connectivity index (χ1) is 7.72. The molecule has 0 atom stereocenters. The lowest BCUT2D eigenvalue weighted by Crippen LogP contribution is -2.05. The fraction of sp³-hybridized carbons (Fsp3) is 0.167. The molecule has 0 unspecified atom stereocenters. The lowest BCUT2D eigenvalue weighted by atomic mass is 10.2. The number of hydrogen-bond acceptors (Lipinski definition) is 4. The van der Waals surface area contributed by atoms with Gasteiger partial charge in [-0.25, -0.2) is 4.79 Å². The molecule has 1 aromatic heterocycles. The highest BCUT2D eigenvalue weighted by Gasteiger charge is 2.11. The van der Waals surface area contributed by atoms with E-state index in [0.717, 1.165) is 5.39 Å². The van der Waals surface area contributed by atoms with E-state index in [0.29, 0.717) is 17.8 Å². The summed E-state index contributed by atoms with van der Waals surface area (Å²) >= 11 is 5.00. The van der Waals surface area contributed by atoms with Gasteiger partial charge in [-0.2, -0.15) is 0 Å². The summed E-state index contributed by atoms with van der Waals surface area (Å²) in [6, 6.07) is 9.08. The van der Waals surface area contributed by atoms with Gasteiger partial charge in [0, 0.05) is 5.39 Å². The minimum absolute atomic E-state index is 0.164. The van der Waals surface area contributed by atoms with E-state index in [1.165, 1.54) is 0 Å². The highest BCUT2D eigenvalue weighted by Crippen LogP contribution is 2.18. The number of benzene rings is 1. The molecule has 0 N–H and O–H groups in total. The average molecular weight is 234 g/mol. The Labute approximate surface area is 97.6 Å². The van der Waals surface area contributed by atoms with Crippen LogP contribution in [0.2, 0.25) is 0 Å². The predicted molar refractivity (Wildman–Crippen MR) is 63.0 cm³/mol. The van der Waals surface area contributed by atoms with Gasteiger partial charge in [0.2, 0.25) is 4.71 Å². The molecule has 0 spiro atoms. The van der Waals surface area contributed by atoms with Crippen LogP contribution in [-0.2, 0) is 4.74 Å². The second-order valence-electron chi connectivity index (χ2n) is 3.21. The third-order valence-corrected chi connectivity index (χ3v) is 2.44. The van der Waals surface area contributed by atoms with Crippen LogP contribution < -0.4 is 0 Å². The van der Waals surface area contributed by atoms with E-state index >= 15 is 0 Å². The van der Waals surface area contributed by atoms with Gasteiger partial charge < -0.3 is 9.15 Å². The van der Waals surface area contributed by atoms with Gasteiger partial charge in [-0.15, -0.1) is 0 Å². The molecular weight excluding hydrogens is 224 g/mol. The van der Waals surface area contributed by atoms with Crippen LogP contribution in [0.1, 0.15) is 17.3 Å². The normalized spacial score (nSPS) is 10.3. The molecule has 4 heteroatoms. The van der Waals surface area contributed by atoms with Crippen molar-refractivity contribution in [3.05, 3.63) is 40.6 Å². The van der Waals surface area contributed by atoms with Crippen LogP contribution in [0.3, 0.4) is 0 Å². The van der Waals surface area contributed by atoms with Crippen molar-refractivity contribution in [3.63, 3.8) is 0 Å². The van der Waals surface area contributed by atoms with Crippen LogP contribution in [0.15, 0.2) is 34.7 Å². The fourth-order valence-electron chi connectivity index (χ4n) is 1.41. The van der Waals surface area contributed by atoms with Gasteiger partial charge in [-0.3, -0.25) is 0 Å². The summed E-state index contributed by atoms with van der Waals surface area (Å²) in [5.74, 6) is -0.443. The van der Waals surface area contributed by atoms with E-state index in [-0.39, 0.29) is 4.71 Å². The molecule has 0 bridgehead atoms. The Morgan fingerprint density at radius 1 is 1.44 bits per heavy atom. The van der Waals surface area contributed by atoms with Crippen molar-refractivity contribution < 1.29 is 13.9 Å². The smallest absolute Gasteiger partial charge is 0.342 e. The molecule has 0 aliphatic rings. The standard InChI is InChI=1S/C12H10O3S/c1-2-14-11(13)9-7-8-5-3-4-6-10(8)15-12(9)16/h3-7H,2H2,1H3. The maximum atomic E-state index is 11.6. The average Bonchev–Trinajstić information content (AvgIpc) is 2.28. The molecule has 0 saturated carbocycles. The predicted octanol–water partition coefficient (Wildman–Crippen LogP) is 3.34. The lowest BCUT2D eigenvalue weighted by molar-refractivity contribution is 0.0523. The van der Waals surface area contributed by atoms with Crippen molar-refractivity contribution in [1.29, 1.82) is 0 Å². The lowest BCUT2D eigenvalue weighted by Gasteiger charge is -2.02. The van der Waals surface area contributed by atoms with Crippen LogP contribution in [0.5, 0.6) is 0 Å². The van der Waals surface area contributed by atoms with Crippen molar-refractivity contribution in [2.24, 2.45) is 0 Å². The number of rotatable bonds is 2. The van der Waals surface area contributed by atoms with Crippen molar-refractivity contribution in [2.75, 3.05) is 6.61 Å². The molecule has 0 radical (unpaired) electrons. The fourth-order valence-corrected chi connectivity index (χ4v) is 1.65. The summed E-state index contributed by atoms with van der Waals surface area (Å²) in [4.78, 5) is 11.6. The van der Waals surface area contributed by atoms with Crippen LogP contribution >= 0.6 is 12.2 Å². The van der Waals surface area contributed by atoms with Crippen molar-refractivity contribution in [1.82, 2.24) is 0 Å². The number of esters is 1. The SMILES string of the molecule is CCOC(=O)c1cc2ccccc2oc1=S. The number of carbonyl (C=O) groups excluding carboxylic acids is 1. The molecule has 0 aliphatic carbocycles. The van der Waals surface area contributed by atoms with Crippen LogP contribution in [0, 0.1) is 4.71 Å². The molecule has 0 amide bonds. The summed E-state index contributed by atoms with van der Waals surface area (Å²) < 4.78 is 10.4. The first-order valence-corrected chi connectivity index (χ1v) is 5.33. The van der Waals surface area contributed by atoms with Crippen molar-refractivity contribution >= 4 is 29.2 Å². The second kappa shape index (κ2) is 4.45. The van der Waals surface area contributed by atoms with E-state index in [1.807, 2.05) is 18.2 Å². The van der Waals surface area contributed by atoms with Crippen LogP contribution in [0.25, 0.3) is 11.0 Å². The maximum absolute atomic E-state index is 11.6. The maximum Gasteiger partial charge on any atom is 0.342 e.